The van der Waals surface area contributed by atoms with Crippen molar-refractivity contribution < 1.29 is 22.7 Å². The lowest BCUT2D eigenvalue weighted by Crippen LogP contribution is -2.25. The van der Waals surface area contributed by atoms with Crippen molar-refractivity contribution in [3.63, 3.8) is 0 Å². The molecule has 0 fully saturated rings. The normalized spacial score (nSPS) is 10.8. The van der Waals surface area contributed by atoms with Gasteiger partial charge in [0.2, 0.25) is 0 Å². The van der Waals surface area contributed by atoms with E-state index in [2.05, 4.69) is 14.8 Å². The van der Waals surface area contributed by atoms with Crippen LogP contribution in [0.1, 0.15) is 15.9 Å². The summed E-state index contributed by atoms with van der Waals surface area (Å²) in [5, 5.41) is 2.71. The first-order chi connectivity index (χ1) is 15.2. The highest BCUT2D eigenvalue weighted by molar-refractivity contribution is 7.92. The fourth-order valence-electron chi connectivity index (χ4n) is 2.94. The number of carbonyl (C=O) groups is 2. The highest BCUT2D eigenvalue weighted by Gasteiger charge is 2.17. The van der Waals surface area contributed by atoms with Gasteiger partial charge < -0.3 is 10.1 Å². The largest absolute Gasteiger partial charge is 0.452 e. The average molecular weight is 454 g/mol. The van der Waals surface area contributed by atoms with Gasteiger partial charge in [0.1, 0.15) is 0 Å². The van der Waals surface area contributed by atoms with Crippen molar-refractivity contribution >= 4 is 39.1 Å². The zero-order valence-electron chi connectivity index (χ0n) is 17.8. The first-order valence-electron chi connectivity index (χ1n) is 9.62. The van der Waals surface area contributed by atoms with Crippen LogP contribution in [0.15, 0.2) is 77.7 Å². The fourth-order valence-corrected chi connectivity index (χ4v) is 4.04. The Labute approximate surface area is 186 Å². The van der Waals surface area contributed by atoms with E-state index in [1.807, 2.05) is 13.0 Å². The molecule has 0 saturated heterocycles. The molecule has 2 N–H and O–H groups in total. The fraction of sp³-hybridized carbons (Fsp3) is 0.130. The van der Waals surface area contributed by atoms with Crippen molar-refractivity contribution in [3.8, 4) is 0 Å². The predicted octanol–water partition coefficient (Wildman–Crippen LogP) is 4.25. The number of hydrogen-bond donors (Lipinski definition) is 2. The third-order valence-electron chi connectivity index (χ3n) is 4.64. The summed E-state index contributed by atoms with van der Waals surface area (Å²) in [7, 11) is -1.01. The van der Waals surface area contributed by atoms with Crippen molar-refractivity contribution in [2.75, 3.05) is 29.1 Å². The molecule has 3 aromatic rings. The summed E-state index contributed by atoms with van der Waals surface area (Å²) in [5.41, 5.74) is 2.63. The highest BCUT2D eigenvalue weighted by atomic mass is 32.2. The topological polar surface area (TPSA) is 105 Å². The molecule has 2 amide bonds. The van der Waals surface area contributed by atoms with Gasteiger partial charge in [-0.1, -0.05) is 18.2 Å². The van der Waals surface area contributed by atoms with Gasteiger partial charge in [0, 0.05) is 29.7 Å². The Balaban J connectivity index is 1.74. The summed E-state index contributed by atoms with van der Waals surface area (Å²) in [4.78, 5) is 25.5. The number of ether oxygens (including phenoxy) is 1. The van der Waals surface area contributed by atoms with Gasteiger partial charge in [-0.15, -0.1) is 0 Å². The molecule has 0 unspecified atom stereocenters. The standard InChI is InChI=1S/C23H23N3O5S/c1-16-6-4-8-19(14-16)25-32(29,30)21-9-5-7-17(15-21)22(27)24-18-10-12-20(13-11-18)26(2)23(28)31-3/h4-15,25H,1-3H3,(H,24,27). The lowest BCUT2D eigenvalue weighted by Gasteiger charge is -2.16. The van der Waals surface area contributed by atoms with Crippen molar-refractivity contribution in [1.82, 2.24) is 0 Å². The highest BCUT2D eigenvalue weighted by Crippen LogP contribution is 2.20. The van der Waals surface area contributed by atoms with E-state index in [0.717, 1.165) is 5.56 Å². The number of benzene rings is 3. The van der Waals surface area contributed by atoms with Gasteiger partial charge in [0.05, 0.1) is 12.0 Å². The van der Waals surface area contributed by atoms with Crippen molar-refractivity contribution in [2.24, 2.45) is 0 Å². The summed E-state index contributed by atoms with van der Waals surface area (Å²) < 4.78 is 32.7. The smallest absolute Gasteiger partial charge is 0.413 e. The molecule has 0 aliphatic carbocycles. The van der Waals surface area contributed by atoms with Crippen molar-refractivity contribution in [1.29, 1.82) is 0 Å². The number of amides is 2. The molecule has 0 aliphatic rings. The molecule has 3 rings (SSSR count). The van der Waals surface area contributed by atoms with Gasteiger partial charge in [0.15, 0.2) is 0 Å². The Hall–Kier alpha value is -3.85. The SMILES string of the molecule is COC(=O)N(C)c1ccc(NC(=O)c2cccc(S(=O)(=O)Nc3cccc(C)c3)c2)cc1. The number of sulfonamides is 1. The molecule has 0 saturated carbocycles. The van der Waals surface area contributed by atoms with Crippen LogP contribution in [0.4, 0.5) is 21.9 Å². The molecule has 0 spiro atoms. The molecule has 32 heavy (non-hydrogen) atoms. The summed E-state index contributed by atoms with van der Waals surface area (Å²) >= 11 is 0. The second kappa shape index (κ2) is 9.52. The van der Waals surface area contributed by atoms with Gasteiger partial charge in [-0.2, -0.15) is 0 Å². The summed E-state index contributed by atoms with van der Waals surface area (Å²) in [5.74, 6) is -0.466. The molecule has 3 aromatic carbocycles. The maximum absolute atomic E-state index is 12.7. The molecule has 0 aromatic heterocycles. The molecule has 0 aliphatic heterocycles. The average Bonchev–Trinajstić information content (AvgIpc) is 2.78. The van der Waals surface area contributed by atoms with E-state index < -0.39 is 22.0 Å². The van der Waals surface area contributed by atoms with Gasteiger partial charge in [-0.25, -0.2) is 13.2 Å². The Morgan fingerprint density at radius 2 is 1.59 bits per heavy atom. The summed E-state index contributed by atoms with van der Waals surface area (Å²) in [6, 6.07) is 19.3. The number of nitrogens with one attached hydrogen (secondary N) is 2. The van der Waals surface area contributed by atoms with Crippen LogP contribution >= 0.6 is 0 Å². The molecule has 9 heteroatoms. The summed E-state index contributed by atoms with van der Waals surface area (Å²) in [6.45, 7) is 1.86. The van der Waals surface area contributed by atoms with E-state index in [-0.39, 0.29) is 10.5 Å². The Morgan fingerprint density at radius 1 is 0.906 bits per heavy atom. The van der Waals surface area contributed by atoms with Crippen LogP contribution in [-0.2, 0) is 14.8 Å². The van der Waals surface area contributed by atoms with Gasteiger partial charge in [-0.3, -0.25) is 14.4 Å². The zero-order chi connectivity index (χ0) is 23.3. The zero-order valence-corrected chi connectivity index (χ0v) is 18.6. The van der Waals surface area contributed by atoms with E-state index in [9.17, 15) is 18.0 Å². The van der Waals surface area contributed by atoms with Crippen molar-refractivity contribution in [2.45, 2.75) is 11.8 Å². The third kappa shape index (κ3) is 5.44. The van der Waals surface area contributed by atoms with Crippen LogP contribution in [0, 0.1) is 6.92 Å². The van der Waals surface area contributed by atoms with E-state index in [0.29, 0.717) is 17.1 Å². The van der Waals surface area contributed by atoms with Crippen LogP contribution in [-0.4, -0.2) is 34.6 Å². The molecular weight excluding hydrogens is 430 g/mol. The van der Waals surface area contributed by atoms with E-state index in [4.69, 9.17) is 0 Å². The van der Waals surface area contributed by atoms with Crippen LogP contribution in [0.3, 0.4) is 0 Å². The number of methoxy groups -OCH3 is 1. The Morgan fingerprint density at radius 3 is 2.25 bits per heavy atom. The number of aryl methyl sites for hydroxylation is 1. The number of carbonyl (C=O) groups excluding carboxylic acids is 2. The minimum atomic E-state index is -3.86. The number of hydrogen-bond acceptors (Lipinski definition) is 5. The van der Waals surface area contributed by atoms with Gasteiger partial charge in [0.25, 0.3) is 15.9 Å². The quantitative estimate of drug-likeness (QED) is 0.581. The molecule has 0 bridgehead atoms. The molecule has 0 atom stereocenters. The Kier molecular flexibility index (Phi) is 6.79. The lowest BCUT2D eigenvalue weighted by atomic mass is 10.2. The monoisotopic (exact) mass is 453 g/mol. The second-order valence-electron chi connectivity index (χ2n) is 7.03. The van der Waals surface area contributed by atoms with Crippen LogP contribution in [0.5, 0.6) is 0 Å². The number of rotatable bonds is 6. The molecule has 166 valence electrons. The van der Waals surface area contributed by atoms with E-state index in [1.54, 1.807) is 49.5 Å². The van der Waals surface area contributed by atoms with Gasteiger partial charge in [-0.05, 0) is 67.1 Å². The molecular formula is C23H23N3O5S. The molecule has 0 radical (unpaired) electrons. The first-order valence-corrected chi connectivity index (χ1v) is 11.1. The number of anilines is 3. The summed E-state index contributed by atoms with van der Waals surface area (Å²) in [6.07, 6.45) is -0.515. The Bertz CT molecular complexity index is 1240. The minimum Gasteiger partial charge on any atom is -0.452 e. The maximum atomic E-state index is 12.7. The van der Waals surface area contributed by atoms with Crippen LogP contribution < -0.4 is 14.9 Å². The maximum Gasteiger partial charge on any atom is 0.413 e. The third-order valence-corrected chi connectivity index (χ3v) is 6.02. The minimum absolute atomic E-state index is 0.0262. The van der Waals surface area contributed by atoms with Crippen LogP contribution in [0.25, 0.3) is 0 Å². The number of nitrogens with zero attached hydrogens (tertiary/aromatic N) is 1. The first kappa shape index (κ1) is 22.8. The second-order valence-corrected chi connectivity index (χ2v) is 8.72. The van der Waals surface area contributed by atoms with E-state index >= 15 is 0 Å². The molecule has 0 heterocycles. The van der Waals surface area contributed by atoms with Crippen molar-refractivity contribution in [3.05, 3.63) is 83.9 Å². The molecule has 8 nitrogen and oxygen atoms in total. The lowest BCUT2D eigenvalue weighted by molar-refractivity contribution is 0.102. The van der Waals surface area contributed by atoms with Gasteiger partial charge >= 0.3 is 6.09 Å². The predicted molar refractivity (Wildman–Crippen MR) is 124 cm³/mol. The van der Waals surface area contributed by atoms with Crippen LogP contribution in [0.2, 0.25) is 0 Å². The van der Waals surface area contributed by atoms with E-state index in [1.165, 1.54) is 36.3 Å².